The molecule has 2 aromatic rings. The maximum absolute atomic E-state index is 13.0. The Labute approximate surface area is 177 Å². The summed E-state index contributed by atoms with van der Waals surface area (Å²) < 4.78 is 5.76. The van der Waals surface area contributed by atoms with Crippen molar-refractivity contribution in [2.75, 3.05) is 13.2 Å². The van der Waals surface area contributed by atoms with E-state index in [2.05, 4.69) is 21.9 Å². The highest BCUT2D eigenvalue weighted by Gasteiger charge is 2.75. The Morgan fingerprint density at radius 1 is 1.45 bits per heavy atom. The van der Waals surface area contributed by atoms with E-state index in [-0.39, 0.29) is 19.1 Å². The fraction of sp³-hybridized carbons (Fsp3) is 0.400. The van der Waals surface area contributed by atoms with Gasteiger partial charge in [0, 0.05) is 17.1 Å². The first kappa shape index (κ1) is 19.7. The van der Waals surface area contributed by atoms with Crippen molar-refractivity contribution >= 4 is 22.8 Å². The molecule has 31 heavy (non-hydrogen) atoms. The number of para-hydroxylation sites is 1. The molecule has 5 rings (SSSR count). The zero-order chi connectivity index (χ0) is 22.1. The summed E-state index contributed by atoms with van der Waals surface area (Å²) >= 11 is 0. The average molecular weight is 428 g/mol. The van der Waals surface area contributed by atoms with E-state index >= 15 is 0 Å². The number of aromatic amines is 1. The van der Waals surface area contributed by atoms with E-state index in [9.17, 15) is 20.2 Å². The number of esters is 1. The van der Waals surface area contributed by atoms with Crippen molar-refractivity contribution in [3.63, 3.8) is 0 Å². The lowest BCUT2D eigenvalue weighted by atomic mass is 9.78. The van der Waals surface area contributed by atoms with Gasteiger partial charge in [0.25, 0.3) is 0 Å². The quantitative estimate of drug-likeness (QED) is 0.347. The molecule has 1 spiro atoms. The Hall–Kier alpha value is -3.28. The van der Waals surface area contributed by atoms with Crippen LogP contribution in [0, 0.1) is 0 Å². The molecule has 3 aliphatic heterocycles. The number of hydrogen-bond donors (Lipinski definition) is 6. The molecule has 5 atom stereocenters. The summed E-state index contributed by atoms with van der Waals surface area (Å²) in [6.45, 7) is 5.11. The summed E-state index contributed by atoms with van der Waals surface area (Å²) in [6.07, 6.45) is 0.505. The van der Waals surface area contributed by atoms with Crippen molar-refractivity contribution in [1.29, 1.82) is 0 Å². The SMILES string of the molecule is C=C1NC(CO)C2N=C(N)N(O)C23N1C[C@H](OC(=O)c1c[nH]c2ccccc12)[C@]3(C)O. The zero-order valence-electron chi connectivity index (χ0n) is 16.8. The molecule has 0 saturated carbocycles. The lowest BCUT2D eigenvalue weighted by molar-refractivity contribution is -0.239. The van der Waals surface area contributed by atoms with E-state index in [1.807, 2.05) is 18.2 Å². The number of ether oxygens (including phenoxy) is 1. The first-order valence-electron chi connectivity index (χ1n) is 9.89. The molecule has 3 unspecified atom stereocenters. The van der Waals surface area contributed by atoms with E-state index in [0.29, 0.717) is 21.8 Å². The van der Waals surface area contributed by atoms with Crippen molar-refractivity contribution in [1.82, 2.24) is 20.3 Å². The second kappa shape index (κ2) is 6.36. The molecule has 0 radical (unpaired) electrons. The lowest BCUT2D eigenvalue weighted by Crippen LogP contribution is -2.77. The smallest absolute Gasteiger partial charge is 0.340 e. The summed E-state index contributed by atoms with van der Waals surface area (Å²) in [5.41, 5.74) is 3.59. The Bertz CT molecular complexity index is 1110. The summed E-state index contributed by atoms with van der Waals surface area (Å²) in [5.74, 6) is -0.497. The van der Waals surface area contributed by atoms with Crippen LogP contribution in [0.15, 0.2) is 47.9 Å². The normalized spacial score (nSPS) is 34.4. The molecule has 7 N–H and O–H groups in total. The van der Waals surface area contributed by atoms with Crippen LogP contribution in [0.2, 0.25) is 0 Å². The van der Waals surface area contributed by atoms with E-state index in [1.54, 1.807) is 17.2 Å². The highest BCUT2D eigenvalue weighted by Crippen LogP contribution is 2.51. The molecule has 11 nitrogen and oxygen atoms in total. The highest BCUT2D eigenvalue weighted by molar-refractivity contribution is 6.04. The predicted octanol–water partition coefficient (Wildman–Crippen LogP) is -0.720. The number of carbonyl (C=O) groups excluding carboxylic acids is 1. The Balaban J connectivity index is 1.53. The molecular formula is C20H24N6O5. The molecule has 4 heterocycles. The number of benzene rings is 1. The van der Waals surface area contributed by atoms with Gasteiger partial charge in [-0.05, 0) is 13.0 Å². The van der Waals surface area contributed by atoms with Gasteiger partial charge in [0.15, 0.2) is 11.8 Å². The van der Waals surface area contributed by atoms with Crippen LogP contribution in [0.25, 0.3) is 10.9 Å². The number of guanidine groups is 1. The van der Waals surface area contributed by atoms with Crippen LogP contribution >= 0.6 is 0 Å². The molecule has 0 amide bonds. The standard InChI is InChI=1S/C20H24N6O5/c1-10-23-14(9-27)16-20(26(30)18(21)24-16)19(2,29)15(8-25(10)20)31-17(28)12-7-22-13-6-4-3-5-11(12)13/h3-7,14-16,22-23,27,29-30H,1,8-9H2,2H3,(H2,21,24)/t14?,15-,16?,19-,20?/m0/s1. The van der Waals surface area contributed by atoms with Gasteiger partial charge < -0.3 is 35.9 Å². The summed E-state index contributed by atoms with van der Waals surface area (Å²) in [6, 6.07) is 5.80. The third-order valence-electron chi connectivity index (χ3n) is 6.67. The van der Waals surface area contributed by atoms with E-state index in [4.69, 9.17) is 10.5 Å². The van der Waals surface area contributed by atoms with E-state index in [0.717, 1.165) is 5.52 Å². The minimum absolute atomic E-state index is 0.0292. The second-order valence-electron chi connectivity index (χ2n) is 8.25. The fourth-order valence-electron chi connectivity index (χ4n) is 5.16. The average Bonchev–Trinajstić information content (AvgIpc) is 3.36. The molecular weight excluding hydrogens is 404 g/mol. The number of hydroxylamine groups is 2. The zero-order valence-corrected chi connectivity index (χ0v) is 16.8. The van der Waals surface area contributed by atoms with Gasteiger partial charge >= 0.3 is 5.97 Å². The minimum atomic E-state index is -1.82. The van der Waals surface area contributed by atoms with Gasteiger partial charge in [-0.1, -0.05) is 24.8 Å². The fourth-order valence-corrected chi connectivity index (χ4v) is 5.16. The number of aliphatic hydroxyl groups is 2. The van der Waals surface area contributed by atoms with Crippen molar-refractivity contribution in [3.8, 4) is 0 Å². The molecule has 3 aliphatic rings. The Morgan fingerprint density at radius 2 is 2.19 bits per heavy atom. The third kappa shape index (κ3) is 2.33. The summed E-state index contributed by atoms with van der Waals surface area (Å²) in [4.78, 5) is 21.9. The van der Waals surface area contributed by atoms with Gasteiger partial charge in [0.05, 0.1) is 30.6 Å². The van der Waals surface area contributed by atoms with Crippen molar-refractivity contribution < 1.29 is 25.0 Å². The Kier molecular flexibility index (Phi) is 4.04. The molecule has 0 bridgehead atoms. The first-order valence-corrected chi connectivity index (χ1v) is 9.89. The molecule has 2 saturated heterocycles. The van der Waals surface area contributed by atoms with Crippen LogP contribution in [-0.4, -0.2) is 84.9 Å². The second-order valence-corrected chi connectivity index (χ2v) is 8.25. The number of fused-ring (bicyclic) bond motifs is 1. The number of nitrogens with two attached hydrogens (primary N) is 1. The minimum Gasteiger partial charge on any atom is -0.454 e. The number of nitrogens with one attached hydrogen (secondary N) is 2. The maximum atomic E-state index is 13.0. The molecule has 164 valence electrons. The number of nitrogens with zero attached hydrogens (tertiary/aromatic N) is 3. The van der Waals surface area contributed by atoms with Crippen LogP contribution < -0.4 is 11.1 Å². The van der Waals surface area contributed by atoms with Crippen LogP contribution in [0.3, 0.4) is 0 Å². The number of aromatic nitrogens is 1. The molecule has 1 aromatic heterocycles. The number of aliphatic imine (C=N–C) groups is 1. The highest BCUT2D eigenvalue weighted by atomic mass is 16.6. The van der Waals surface area contributed by atoms with Crippen LogP contribution in [0.5, 0.6) is 0 Å². The third-order valence-corrected chi connectivity index (χ3v) is 6.67. The number of H-pyrrole nitrogens is 1. The lowest BCUT2D eigenvalue weighted by Gasteiger charge is -2.54. The van der Waals surface area contributed by atoms with Gasteiger partial charge in [0.1, 0.15) is 11.6 Å². The number of hydrogen-bond acceptors (Lipinski definition) is 10. The largest absolute Gasteiger partial charge is 0.454 e. The van der Waals surface area contributed by atoms with Gasteiger partial charge in [-0.15, -0.1) is 0 Å². The summed E-state index contributed by atoms with van der Waals surface area (Å²) in [7, 11) is 0. The maximum Gasteiger partial charge on any atom is 0.340 e. The topological polar surface area (TPSA) is 160 Å². The van der Waals surface area contributed by atoms with Gasteiger partial charge in [-0.25, -0.2) is 9.79 Å². The van der Waals surface area contributed by atoms with Crippen LogP contribution in [0.4, 0.5) is 0 Å². The van der Waals surface area contributed by atoms with Crippen molar-refractivity contribution in [2.45, 2.75) is 36.4 Å². The number of aliphatic hydroxyl groups excluding tert-OH is 1. The molecule has 2 fully saturated rings. The summed E-state index contributed by atoms with van der Waals surface area (Å²) in [5, 5.41) is 36.8. The van der Waals surface area contributed by atoms with Crippen LogP contribution in [0.1, 0.15) is 17.3 Å². The van der Waals surface area contributed by atoms with E-state index in [1.165, 1.54) is 6.92 Å². The van der Waals surface area contributed by atoms with Gasteiger partial charge in [-0.2, -0.15) is 5.06 Å². The monoisotopic (exact) mass is 428 g/mol. The predicted molar refractivity (Wildman–Crippen MR) is 110 cm³/mol. The molecule has 1 aromatic carbocycles. The number of carbonyl (C=O) groups is 1. The number of rotatable bonds is 3. The molecule has 11 heteroatoms. The van der Waals surface area contributed by atoms with Crippen LogP contribution in [-0.2, 0) is 4.74 Å². The van der Waals surface area contributed by atoms with Crippen molar-refractivity contribution in [2.24, 2.45) is 10.7 Å². The first-order chi connectivity index (χ1) is 14.7. The van der Waals surface area contributed by atoms with Crippen molar-refractivity contribution in [3.05, 3.63) is 48.4 Å². The van der Waals surface area contributed by atoms with E-state index < -0.39 is 35.4 Å². The van der Waals surface area contributed by atoms with Gasteiger partial charge in [-0.3, -0.25) is 5.21 Å². The Morgan fingerprint density at radius 3 is 2.94 bits per heavy atom. The van der Waals surface area contributed by atoms with Gasteiger partial charge in [0.2, 0.25) is 5.96 Å². The molecule has 0 aliphatic carbocycles.